The van der Waals surface area contributed by atoms with Crippen LogP contribution in [0.15, 0.2) is 47.4 Å². The lowest BCUT2D eigenvalue weighted by molar-refractivity contribution is 0.0693. The van der Waals surface area contributed by atoms with Crippen LogP contribution in [0, 0.1) is 0 Å². The van der Waals surface area contributed by atoms with Crippen LogP contribution in [-0.2, 0) is 5.75 Å². The molecule has 0 spiro atoms. The lowest BCUT2D eigenvalue weighted by atomic mass is 10.2. The summed E-state index contributed by atoms with van der Waals surface area (Å²) in [4.78, 5) is 11.8. The predicted octanol–water partition coefficient (Wildman–Crippen LogP) is 4.98. The number of carboxylic acids is 1. The van der Waals surface area contributed by atoms with Crippen LogP contribution < -0.4 is 0 Å². The fraction of sp³-hybridized carbons (Fsp3) is 0.0714. The standard InChI is InChI=1S/C14H10Cl2O2S/c15-10-3-1-9(2-4-10)8-19-13-6-5-11(16)7-12(13)14(17)18/h1-7H,8H2,(H,17,18). The maximum Gasteiger partial charge on any atom is 0.336 e. The zero-order chi connectivity index (χ0) is 13.8. The van der Waals surface area contributed by atoms with Gasteiger partial charge in [-0.15, -0.1) is 11.8 Å². The van der Waals surface area contributed by atoms with Gasteiger partial charge in [0, 0.05) is 20.7 Å². The van der Waals surface area contributed by atoms with E-state index in [1.165, 1.54) is 17.8 Å². The number of carboxylic acid groups (broad SMARTS) is 1. The van der Waals surface area contributed by atoms with E-state index in [9.17, 15) is 4.79 Å². The molecular weight excluding hydrogens is 303 g/mol. The molecular formula is C14H10Cl2O2S. The summed E-state index contributed by atoms with van der Waals surface area (Å²) >= 11 is 13.1. The Kier molecular flexibility index (Phi) is 4.75. The van der Waals surface area contributed by atoms with Crippen molar-refractivity contribution >= 4 is 40.9 Å². The van der Waals surface area contributed by atoms with E-state index in [1.807, 2.05) is 24.3 Å². The molecule has 0 saturated heterocycles. The lowest BCUT2D eigenvalue weighted by Gasteiger charge is -2.06. The Balaban J connectivity index is 2.15. The number of rotatable bonds is 4. The minimum atomic E-state index is -0.971. The first-order valence-electron chi connectivity index (χ1n) is 5.46. The summed E-state index contributed by atoms with van der Waals surface area (Å²) in [7, 11) is 0. The molecule has 2 rings (SSSR count). The molecule has 0 amide bonds. The summed E-state index contributed by atoms with van der Waals surface area (Å²) in [6.45, 7) is 0. The van der Waals surface area contributed by atoms with Crippen molar-refractivity contribution in [2.45, 2.75) is 10.6 Å². The van der Waals surface area contributed by atoms with Gasteiger partial charge in [-0.2, -0.15) is 0 Å². The van der Waals surface area contributed by atoms with Gasteiger partial charge in [-0.3, -0.25) is 0 Å². The maximum atomic E-state index is 11.1. The van der Waals surface area contributed by atoms with E-state index < -0.39 is 5.97 Å². The minimum Gasteiger partial charge on any atom is -0.478 e. The van der Waals surface area contributed by atoms with E-state index in [-0.39, 0.29) is 5.56 Å². The molecule has 19 heavy (non-hydrogen) atoms. The van der Waals surface area contributed by atoms with Crippen LogP contribution in [0.5, 0.6) is 0 Å². The number of aromatic carboxylic acids is 1. The molecule has 0 radical (unpaired) electrons. The first kappa shape index (κ1) is 14.3. The highest BCUT2D eigenvalue weighted by Crippen LogP contribution is 2.29. The molecule has 2 aromatic rings. The van der Waals surface area contributed by atoms with Crippen molar-refractivity contribution in [3.8, 4) is 0 Å². The summed E-state index contributed by atoms with van der Waals surface area (Å²) in [6.07, 6.45) is 0. The third kappa shape index (κ3) is 3.90. The Morgan fingerprint density at radius 1 is 1.05 bits per heavy atom. The molecule has 0 heterocycles. The van der Waals surface area contributed by atoms with E-state index in [4.69, 9.17) is 28.3 Å². The molecule has 2 nitrogen and oxygen atoms in total. The van der Waals surface area contributed by atoms with Gasteiger partial charge in [-0.1, -0.05) is 35.3 Å². The van der Waals surface area contributed by atoms with Crippen molar-refractivity contribution in [3.63, 3.8) is 0 Å². The third-order valence-electron chi connectivity index (χ3n) is 2.48. The van der Waals surface area contributed by atoms with Gasteiger partial charge >= 0.3 is 5.97 Å². The molecule has 1 N–H and O–H groups in total. The number of halogens is 2. The normalized spacial score (nSPS) is 10.4. The van der Waals surface area contributed by atoms with Crippen molar-refractivity contribution in [1.29, 1.82) is 0 Å². The first-order valence-corrected chi connectivity index (χ1v) is 7.20. The summed E-state index contributed by atoms with van der Waals surface area (Å²) in [5, 5.41) is 10.2. The highest BCUT2D eigenvalue weighted by molar-refractivity contribution is 7.98. The molecule has 0 aliphatic carbocycles. The molecule has 0 aliphatic heterocycles. The monoisotopic (exact) mass is 312 g/mol. The fourth-order valence-corrected chi connectivity index (χ4v) is 2.82. The summed E-state index contributed by atoms with van der Waals surface area (Å²) in [6, 6.07) is 12.4. The van der Waals surface area contributed by atoms with Crippen LogP contribution in [0.1, 0.15) is 15.9 Å². The predicted molar refractivity (Wildman–Crippen MR) is 79.4 cm³/mol. The van der Waals surface area contributed by atoms with Crippen molar-refractivity contribution in [1.82, 2.24) is 0 Å². The summed E-state index contributed by atoms with van der Waals surface area (Å²) in [5.41, 5.74) is 1.31. The van der Waals surface area contributed by atoms with Crippen LogP contribution in [0.25, 0.3) is 0 Å². The molecule has 0 aromatic heterocycles. The zero-order valence-electron chi connectivity index (χ0n) is 9.77. The molecule has 2 aromatic carbocycles. The highest BCUT2D eigenvalue weighted by Gasteiger charge is 2.11. The molecule has 0 bridgehead atoms. The fourth-order valence-electron chi connectivity index (χ4n) is 1.54. The van der Waals surface area contributed by atoms with Crippen LogP contribution in [0.3, 0.4) is 0 Å². The van der Waals surface area contributed by atoms with Gasteiger partial charge in [-0.25, -0.2) is 4.79 Å². The SMILES string of the molecule is O=C(O)c1cc(Cl)ccc1SCc1ccc(Cl)cc1. The molecule has 0 atom stereocenters. The van der Waals surface area contributed by atoms with Crippen molar-refractivity contribution in [2.24, 2.45) is 0 Å². The number of benzene rings is 2. The van der Waals surface area contributed by atoms with Gasteiger partial charge in [0.25, 0.3) is 0 Å². The molecule has 98 valence electrons. The second-order valence-corrected chi connectivity index (χ2v) is 5.75. The number of hydrogen-bond donors (Lipinski definition) is 1. The summed E-state index contributed by atoms with van der Waals surface area (Å²) in [5.74, 6) is -0.292. The van der Waals surface area contributed by atoms with Crippen molar-refractivity contribution in [2.75, 3.05) is 0 Å². The van der Waals surface area contributed by atoms with E-state index in [0.29, 0.717) is 20.7 Å². The Hall–Kier alpha value is -1.16. The Morgan fingerprint density at radius 3 is 2.32 bits per heavy atom. The first-order chi connectivity index (χ1) is 9.06. The van der Waals surface area contributed by atoms with E-state index in [1.54, 1.807) is 12.1 Å². The molecule has 0 fully saturated rings. The second-order valence-electron chi connectivity index (χ2n) is 3.86. The van der Waals surface area contributed by atoms with Gasteiger partial charge in [0.1, 0.15) is 0 Å². The smallest absolute Gasteiger partial charge is 0.336 e. The van der Waals surface area contributed by atoms with Crippen LogP contribution >= 0.6 is 35.0 Å². The number of carbonyl (C=O) groups is 1. The Bertz CT molecular complexity index is 597. The molecule has 5 heteroatoms. The van der Waals surface area contributed by atoms with Gasteiger partial charge in [-0.05, 0) is 35.9 Å². The van der Waals surface area contributed by atoms with E-state index in [2.05, 4.69) is 0 Å². The Morgan fingerprint density at radius 2 is 1.68 bits per heavy atom. The zero-order valence-corrected chi connectivity index (χ0v) is 12.1. The van der Waals surface area contributed by atoms with Gasteiger partial charge < -0.3 is 5.11 Å². The van der Waals surface area contributed by atoms with Crippen molar-refractivity contribution in [3.05, 3.63) is 63.6 Å². The van der Waals surface area contributed by atoms with Crippen LogP contribution in [0.4, 0.5) is 0 Å². The Labute approximate surface area is 125 Å². The number of hydrogen-bond acceptors (Lipinski definition) is 2. The van der Waals surface area contributed by atoms with E-state index >= 15 is 0 Å². The topological polar surface area (TPSA) is 37.3 Å². The van der Waals surface area contributed by atoms with E-state index in [0.717, 1.165) is 5.56 Å². The molecule has 0 unspecified atom stereocenters. The van der Waals surface area contributed by atoms with Crippen LogP contribution in [0.2, 0.25) is 10.0 Å². The average molecular weight is 313 g/mol. The third-order valence-corrected chi connectivity index (χ3v) is 4.11. The lowest BCUT2D eigenvalue weighted by Crippen LogP contribution is -1.98. The molecule has 0 saturated carbocycles. The second kappa shape index (κ2) is 6.33. The van der Waals surface area contributed by atoms with Gasteiger partial charge in [0.05, 0.1) is 5.56 Å². The summed E-state index contributed by atoms with van der Waals surface area (Å²) < 4.78 is 0. The molecule has 0 aliphatic rings. The highest BCUT2D eigenvalue weighted by atomic mass is 35.5. The van der Waals surface area contributed by atoms with Gasteiger partial charge in [0.15, 0.2) is 0 Å². The number of thioether (sulfide) groups is 1. The van der Waals surface area contributed by atoms with Crippen LogP contribution in [-0.4, -0.2) is 11.1 Å². The average Bonchev–Trinajstić information content (AvgIpc) is 2.39. The minimum absolute atomic E-state index is 0.228. The largest absolute Gasteiger partial charge is 0.478 e. The van der Waals surface area contributed by atoms with Crippen molar-refractivity contribution < 1.29 is 9.90 Å². The maximum absolute atomic E-state index is 11.1. The quantitative estimate of drug-likeness (QED) is 0.809. The van der Waals surface area contributed by atoms with Gasteiger partial charge in [0.2, 0.25) is 0 Å².